The van der Waals surface area contributed by atoms with Crippen LogP contribution in [0.5, 0.6) is 0 Å². The van der Waals surface area contributed by atoms with Gasteiger partial charge >= 0.3 is 0 Å². The molecule has 0 bridgehead atoms. The largest absolute Gasteiger partial charge is 0.276 e. The van der Waals surface area contributed by atoms with Crippen molar-refractivity contribution >= 4 is 27.4 Å². The Labute approximate surface area is 92.5 Å². The van der Waals surface area contributed by atoms with Crippen molar-refractivity contribution in [2.75, 3.05) is 19.2 Å². The number of hydrogen-bond donors (Lipinski definition) is 0. The Kier molecular flexibility index (Phi) is 2.58. The Morgan fingerprint density at radius 3 is 2.73 bits per heavy atom. The lowest BCUT2D eigenvalue weighted by Gasteiger charge is -2.15. The Bertz CT molecular complexity index is 495. The van der Waals surface area contributed by atoms with Crippen molar-refractivity contribution in [1.29, 1.82) is 0 Å². The highest BCUT2D eigenvalue weighted by Gasteiger charge is 2.14. The highest BCUT2D eigenvalue weighted by molar-refractivity contribution is 7.18. The minimum absolute atomic E-state index is 0.823. The van der Waals surface area contributed by atoms with E-state index in [0.717, 1.165) is 16.0 Å². The second-order valence-electron chi connectivity index (χ2n) is 3.34. The molecule has 0 fully saturated rings. The first kappa shape index (κ1) is 10.3. The third-order valence-corrected chi connectivity index (χ3v) is 3.63. The van der Waals surface area contributed by atoms with Crippen LogP contribution in [0.1, 0.15) is 10.4 Å². The van der Waals surface area contributed by atoms with Gasteiger partial charge in [0.1, 0.15) is 11.2 Å². The minimum atomic E-state index is 0.823. The van der Waals surface area contributed by atoms with E-state index in [1.165, 1.54) is 10.4 Å². The van der Waals surface area contributed by atoms with E-state index < -0.39 is 0 Å². The average molecular weight is 223 g/mol. The van der Waals surface area contributed by atoms with Gasteiger partial charge in [0.05, 0.1) is 12.5 Å². The van der Waals surface area contributed by atoms with Gasteiger partial charge in [-0.3, -0.25) is 4.84 Å². The van der Waals surface area contributed by atoms with Gasteiger partial charge in [-0.25, -0.2) is 15.0 Å². The van der Waals surface area contributed by atoms with Crippen LogP contribution in [0.25, 0.3) is 10.2 Å². The number of fused-ring (bicyclic) bond motifs is 1. The normalized spacial score (nSPS) is 10.9. The molecular formula is C10H13N3OS. The Morgan fingerprint density at radius 1 is 1.33 bits per heavy atom. The number of rotatable bonds is 2. The predicted molar refractivity (Wildman–Crippen MR) is 62.3 cm³/mol. The van der Waals surface area contributed by atoms with Gasteiger partial charge in [-0.15, -0.1) is 11.3 Å². The number of aryl methyl sites for hydroxylation is 2. The first-order valence-corrected chi connectivity index (χ1v) is 5.45. The Hall–Kier alpha value is -1.20. The molecule has 0 aromatic carbocycles. The lowest BCUT2D eigenvalue weighted by atomic mass is 10.2. The lowest BCUT2D eigenvalue weighted by molar-refractivity contribution is 0.183. The molecule has 0 aliphatic heterocycles. The van der Waals surface area contributed by atoms with E-state index in [2.05, 4.69) is 23.8 Å². The molecule has 5 heteroatoms. The van der Waals surface area contributed by atoms with Gasteiger partial charge in [0.25, 0.3) is 0 Å². The van der Waals surface area contributed by atoms with Gasteiger partial charge in [0.2, 0.25) is 0 Å². The zero-order valence-electron chi connectivity index (χ0n) is 9.24. The van der Waals surface area contributed by atoms with Crippen LogP contribution in [0.15, 0.2) is 6.33 Å². The second kappa shape index (κ2) is 3.75. The molecule has 0 N–H and O–H groups in total. The quantitative estimate of drug-likeness (QED) is 0.732. The van der Waals surface area contributed by atoms with Gasteiger partial charge < -0.3 is 0 Å². The van der Waals surface area contributed by atoms with Crippen LogP contribution in [0, 0.1) is 13.8 Å². The average Bonchev–Trinajstić information content (AvgIpc) is 2.54. The minimum Gasteiger partial charge on any atom is -0.276 e. The van der Waals surface area contributed by atoms with E-state index in [0.29, 0.717) is 0 Å². The first-order chi connectivity index (χ1) is 7.15. The van der Waals surface area contributed by atoms with Gasteiger partial charge in [-0.05, 0) is 19.4 Å². The van der Waals surface area contributed by atoms with E-state index in [-0.39, 0.29) is 0 Å². The van der Waals surface area contributed by atoms with E-state index >= 15 is 0 Å². The number of aromatic nitrogens is 2. The number of hydrogen-bond acceptors (Lipinski definition) is 5. The van der Waals surface area contributed by atoms with E-state index in [1.54, 1.807) is 29.8 Å². The summed E-state index contributed by atoms with van der Waals surface area (Å²) in [6.07, 6.45) is 1.57. The van der Waals surface area contributed by atoms with Crippen molar-refractivity contribution in [3.63, 3.8) is 0 Å². The Balaban J connectivity index is 2.74. The maximum atomic E-state index is 5.16. The zero-order valence-corrected chi connectivity index (χ0v) is 10.1. The molecule has 0 radical (unpaired) electrons. The number of thiophene rings is 1. The van der Waals surface area contributed by atoms with Crippen molar-refractivity contribution in [3.05, 3.63) is 16.8 Å². The SMILES string of the molecule is CON(C)c1ncnc2sc(C)c(C)c12. The van der Waals surface area contributed by atoms with Crippen LogP contribution >= 0.6 is 11.3 Å². The summed E-state index contributed by atoms with van der Waals surface area (Å²) in [5, 5.41) is 2.74. The number of anilines is 1. The van der Waals surface area contributed by atoms with Gasteiger partial charge in [0.15, 0.2) is 5.82 Å². The summed E-state index contributed by atoms with van der Waals surface area (Å²) in [4.78, 5) is 16.0. The van der Waals surface area contributed by atoms with Crippen LogP contribution in [0.2, 0.25) is 0 Å². The third-order valence-electron chi connectivity index (χ3n) is 2.52. The predicted octanol–water partition coefficient (Wildman–Crippen LogP) is 2.31. The lowest BCUT2D eigenvalue weighted by Crippen LogP contribution is -2.16. The molecule has 2 rings (SSSR count). The molecule has 0 amide bonds. The summed E-state index contributed by atoms with van der Waals surface area (Å²) in [5.41, 5.74) is 1.23. The van der Waals surface area contributed by atoms with E-state index in [1.807, 2.05) is 7.05 Å². The van der Waals surface area contributed by atoms with Crippen molar-refractivity contribution in [2.24, 2.45) is 0 Å². The fourth-order valence-electron chi connectivity index (χ4n) is 1.49. The van der Waals surface area contributed by atoms with Crippen LogP contribution in [-0.4, -0.2) is 24.1 Å². The number of hydroxylamine groups is 1. The summed E-state index contributed by atoms with van der Waals surface area (Å²) in [7, 11) is 3.47. The summed E-state index contributed by atoms with van der Waals surface area (Å²) in [6, 6.07) is 0. The zero-order chi connectivity index (χ0) is 11.0. The van der Waals surface area contributed by atoms with Gasteiger partial charge in [0, 0.05) is 11.9 Å². The van der Waals surface area contributed by atoms with Crippen molar-refractivity contribution in [1.82, 2.24) is 9.97 Å². The molecule has 2 aromatic rings. The van der Waals surface area contributed by atoms with Gasteiger partial charge in [-0.2, -0.15) is 0 Å². The first-order valence-electron chi connectivity index (χ1n) is 4.63. The molecule has 0 unspecified atom stereocenters. The molecule has 0 atom stereocenters. The van der Waals surface area contributed by atoms with E-state index in [4.69, 9.17) is 4.84 Å². The highest BCUT2D eigenvalue weighted by Crippen LogP contribution is 2.33. The van der Waals surface area contributed by atoms with E-state index in [9.17, 15) is 0 Å². The summed E-state index contributed by atoms with van der Waals surface area (Å²) >= 11 is 1.69. The fourth-order valence-corrected chi connectivity index (χ4v) is 2.48. The van der Waals surface area contributed by atoms with Crippen molar-refractivity contribution in [2.45, 2.75) is 13.8 Å². The molecule has 0 saturated heterocycles. The van der Waals surface area contributed by atoms with Crippen LogP contribution < -0.4 is 5.06 Å². The third kappa shape index (κ3) is 1.57. The smallest absolute Gasteiger partial charge is 0.164 e. The molecule has 4 nitrogen and oxygen atoms in total. The molecule has 80 valence electrons. The molecule has 2 aromatic heterocycles. The Morgan fingerprint density at radius 2 is 2.07 bits per heavy atom. The summed E-state index contributed by atoms with van der Waals surface area (Å²) < 4.78 is 0. The van der Waals surface area contributed by atoms with Crippen molar-refractivity contribution in [3.8, 4) is 0 Å². The monoisotopic (exact) mass is 223 g/mol. The number of nitrogens with zero attached hydrogens (tertiary/aromatic N) is 3. The maximum Gasteiger partial charge on any atom is 0.164 e. The molecule has 0 aliphatic rings. The van der Waals surface area contributed by atoms with Crippen LogP contribution in [-0.2, 0) is 4.84 Å². The highest BCUT2D eigenvalue weighted by atomic mass is 32.1. The standard InChI is InChI=1S/C10H13N3OS/c1-6-7(2)15-10-8(6)9(11-5-12-10)13(3)14-4/h5H,1-4H3. The molecule has 0 spiro atoms. The van der Waals surface area contributed by atoms with Crippen molar-refractivity contribution < 1.29 is 4.84 Å². The summed E-state index contributed by atoms with van der Waals surface area (Å²) in [6.45, 7) is 4.18. The fraction of sp³-hybridized carbons (Fsp3) is 0.400. The van der Waals surface area contributed by atoms with Crippen LogP contribution in [0.4, 0.5) is 5.82 Å². The molecule has 0 saturated carbocycles. The molecule has 0 aliphatic carbocycles. The van der Waals surface area contributed by atoms with Crippen LogP contribution in [0.3, 0.4) is 0 Å². The molecular weight excluding hydrogens is 210 g/mol. The van der Waals surface area contributed by atoms with Gasteiger partial charge in [-0.1, -0.05) is 0 Å². The maximum absolute atomic E-state index is 5.16. The topological polar surface area (TPSA) is 38.2 Å². The summed E-state index contributed by atoms with van der Waals surface area (Å²) in [5.74, 6) is 0.823. The second-order valence-corrected chi connectivity index (χ2v) is 4.54. The molecule has 2 heterocycles. The molecule has 15 heavy (non-hydrogen) atoms.